The molecule has 1 aromatic rings. The molecule has 0 aromatic heterocycles. The molecule has 0 unspecified atom stereocenters. The first-order valence-corrected chi connectivity index (χ1v) is 6.07. The maximum absolute atomic E-state index is 5.87. The fourth-order valence-electron chi connectivity index (χ4n) is 1.56. The SMILES string of the molecule is COc1cc([SiH3])c(OC)c(OC)c1CCl. The van der Waals surface area contributed by atoms with Gasteiger partial charge in [-0.05, 0) is 11.3 Å². The molecular formula is C10H15ClO3Si. The van der Waals surface area contributed by atoms with Crippen molar-refractivity contribution in [2.75, 3.05) is 21.3 Å². The minimum Gasteiger partial charge on any atom is -0.496 e. The van der Waals surface area contributed by atoms with Crippen molar-refractivity contribution in [1.82, 2.24) is 0 Å². The van der Waals surface area contributed by atoms with Crippen molar-refractivity contribution in [3.8, 4) is 17.2 Å². The minimum absolute atomic E-state index is 0.338. The van der Waals surface area contributed by atoms with Gasteiger partial charge in [0.1, 0.15) is 5.75 Å². The molecule has 84 valence electrons. The van der Waals surface area contributed by atoms with E-state index in [4.69, 9.17) is 25.8 Å². The first-order chi connectivity index (χ1) is 7.19. The smallest absolute Gasteiger partial charge is 0.168 e. The lowest BCUT2D eigenvalue weighted by Crippen LogP contribution is -2.11. The normalized spacial score (nSPS) is 10.1. The molecule has 0 N–H and O–H groups in total. The third kappa shape index (κ3) is 2.21. The van der Waals surface area contributed by atoms with Gasteiger partial charge in [-0.3, -0.25) is 0 Å². The van der Waals surface area contributed by atoms with Crippen LogP contribution in [0.3, 0.4) is 0 Å². The van der Waals surface area contributed by atoms with Gasteiger partial charge in [0.05, 0.1) is 32.8 Å². The molecule has 0 aliphatic heterocycles. The van der Waals surface area contributed by atoms with E-state index in [1.54, 1.807) is 21.3 Å². The van der Waals surface area contributed by atoms with Gasteiger partial charge in [0, 0.05) is 10.2 Å². The second-order valence-electron chi connectivity index (χ2n) is 3.07. The summed E-state index contributed by atoms with van der Waals surface area (Å²) in [7, 11) is 5.72. The van der Waals surface area contributed by atoms with E-state index in [0.717, 1.165) is 32.5 Å². The fraction of sp³-hybridized carbons (Fsp3) is 0.400. The fourth-order valence-corrected chi connectivity index (χ4v) is 2.50. The second-order valence-corrected chi connectivity index (χ2v) is 4.42. The van der Waals surface area contributed by atoms with Gasteiger partial charge < -0.3 is 14.2 Å². The molecule has 0 radical (unpaired) electrons. The standard InChI is InChI=1S/C10H15ClO3Si/c1-12-7-4-8(15)10(14-3)9(13-2)6(7)5-11/h4H,5H2,1-3,15H3. The Hall–Kier alpha value is -0.873. The highest BCUT2D eigenvalue weighted by Gasteiger charge is 2.17. The number of halogens is 1. The van der Waals surface area contributed by atoms with Crippen molar-refractivity contribution in [2.24, 2.45) is 0 Å². The lowest BCUT2D eigenvalue weighted by Gasteiger charge is -2.16. The number of ether oxygens (including phenoxy) is 3. The van der Waals surface area contributed by atoms with E-state index in [1.165, 1.54) is 0 Å². The summed E-state index contributed by atoms with van der Waals surface area (Å²) >= 11 is 5.87. The van der Waals surface area contributed by atoms with Crippen molar-refractivity contribution < 1.29 is 14.2 Å². The zero-order valence-electron chi connectivity index (χ0n) is 9.39. The molecule has 5 heteroatoms. The molecular weight excluding hydrogens is 232 g/mol. The molecule has 0 spiro atoms. The van der Waals surface area contributed by atoms with Gasteiger partial charge in [-0.2, -0.15) is 0 Å². The molecule has 3 nitrogen and oxygen atoms in total. The Morgan fingerprint density at radius 3 is 2.13 bits per heavy atom. The Morgan fingerprint density at radius 1 is 1.13 bits per heavy atom. The quantitative estimate of drug-likeness (QED) is 0.570. The summed E-state index contributed by atoms with van der Waals surface area (Å²) < 4.78 is 15.9. The van der Waals surface area contributed by atoms with Crippen molar-refractivity contribution in [3.05, 3.63) is 11.6 Å². The van der Waals surface area contributed by atoms with E-state index in [1.807, 2.05) is 6.07 Å². The summed E-state index contributed by atoms with van der Waals surface area (Å²) in [6.45, 7) is 0. The zero-order valence-corrected chi connectivity index (χ0v) is 12.1. The second kappa shape index (κ2) is 5.28. The Morgan fingerprint density at radius 2 is 1.73 bits per heavy atom. The Bertz CT molecular complexity index is 355. The Balaban J connectivity index is 3.44. The van der Waals surface area contributed by atoms with Gasteiger partial charge in [0.25, 0.3) is 0 Å². The van der Waals surface area contributed by atoms with Crippen LogP contribution in [0.2, 0.25) is 0 Å². The molecule has 1 aromatic carbocycles. The van der Waals surface area contributed by atoms with Crippen LogP contribution in [0.4, 0.5) is 0 Å². The average molecular weight is 247 g/mol. The predicted octanol–water partition coefficient (Wildman–Crippen LogP) is 0.442. The molecule has 0 fully saturated rings. The molecule has 0 amide bonds. The maximum atomic E-state index is 5.87. The highest BCUT2D eigenvalue weighted by atomic mass is 35.5. The van der Waals surface area contributed by atoms with Crippen LogP contribution in [0.25, 0.3) is 0 Å². The van der Waals surface area contributed by atoms with Crippen LogP contribution in [0.1, 0.15) is 5.56 Å². The third-order valence-corrected chi connectivity index (χ3v) is 3.26. The highest BCUT2D eigenvalue weighted by molar-refractivity contribution is 6.35. The molecule has 0 aliphatic rings. The number of benzene rings is 1. The van der Waals surface area contributed by atoms with E-state index in [2.05, 4.69) is 0 Å². The first kappa shape index (κ1) is 12.2. The number of hydrogen-bond acceptors (Lipinski definition) is 3. The predicted molar refractivity (Wildman–Crippen MR) is 65.2 cm³/mol. The van der Waals surface area contributed by atoms with Crippen LogP contribution in [0, 0.1) is 0 Å². The summed E-state index contributed by atoms with van der Waals surface area (Å²) in [5, 5.41) is 1.10. The van der Waals surface area contributed by atoms with E-state index < -0.39 is 0 Å². The Labute approximate surface area is 97.7 Å². The number of methoxy groups -OCH3 is 3. The summed E-state index contributed by atoms with van der Waals surface area (Å²) in [4.78, 5) is 0. The molecule has 15 heavy (non-hydrogen) atoms. The summed E-state index contributed by atoms with van der Waals surface area (Å²) in [6, 6.07) is 1.95. The van der Waals surface area contributed by atoms with E-state index in [9.17, 15) is 0 Å². The van der Waals surface area contributed by atoms with Crippen LogP contribution in [0.15, 0.2) is 6.07 Å². The molecule has 0 heterocycles. The van der Waals surface area contributed by atoms with Gasteiger partial charge in [-0.15, -0.1) is 11.6 Å². The lowest BCUT2D eigenvalue weighted by molar-refractivity contribution is 0.348. The van der Waals surface area contributed by atoms with Crippen LogP contribution in [-0.4, -0.2) is 31.6 Å². The molecule has 0 bridgehead atoms. The van der Waals surface area contributed by atoms with Crippen molar-refractivity contribution in [3.63, 3.8) is 0 Å². The zero-order chi connectivity index (χ0) is 11.4. The minimum atomic E-state index is 0.338. The molecule has 0 aliphatic carbocycles. The topological polar surface area (TPSA) is 27.7 Å². The largest absolute Gasteiger partial charge is 0.496 e. The number of hydrogen-bond donors (Lipinski definition) is 0. The van der Waals surface area contributed by atoms with E-state index in [-0.39, 0.29) is 0 Å². The number of rotatable bonds is 4. The van der Waals surface area contributed by atoms with Crippen LogP contribution < -0.4 is 19.4 Å². The monoisotopic (exact) mass is 246 g/mol. The molecule has 1 rings (SSSR count). The summed E-state index contributed by atoms with van der Waals surface area (Å²) in [6.07, 6.45) is 0. The Kier molecular flexibility index (Phi) is 4.29. The highest BCUT2D eigenvalue weighted by Crippen LogP contribution is 2.36. The van der Waals surface area contributed by atoms with Gasteiger partial charge in [-0.25, -0.2) is 0 Å². The van der Waals surface area contributed by atoms with Gasteiger partial charge in [-0.1, -0.05) is 0 Å². The maximum Gasteiger partial charge on any atom is 0.168 e. The van der Waals surface area contributed by atoms with Crippen molar-refractivity contribution in [2.45, 2.75) is 5.88 Å². The van der Waals surface area contributed by atoms with E-state index in [0.29, 0.717) is 11.6 Å². The average Bonchev–Trinajstić information content (AvgIpc) is 2.27. The summed E-state index contributed by atoms with van der Waals surface area (Å²) in [5.41, 5.74) is 0.832. The van der Waals surface area contributed by atoms with Crippen LogP contribution in [-0.2, 0) is 5.88 Å². The van der Waals surface area contributed by atoms with Gasteiger partial charge in [0.2, 0.25) is 0 Å². The van der Waals surface area contributed by atoms with E-state index >= 15 is 0 Å². The van der Waals surface area contributed by atoms with Crippen LogP contribution in [0.5, 0.6) is 17.2 Å². The molecule has 0 saturated heterocycles. The molecule has 0 saturated carbocycles. The number of alkyl halides is 1. The van der Waals surface area contributed by atoms with Gasteiger partial charge >= 0.3 is 0 Å². The van der Waals surface area contributed by atoms with Crippen molar-refractivity contribution >= 4 is 27.0 Å². The first-order valence-electron chi connectivity index (χ1n) is 4.54. The third-order valence-electron chi connectivity index (χ3n) is 2.25. The van der Waals surface area contributed by atoms with Gasteiger partial charge in [0.15, 0.2) is 11.5 Å². The van der Waals surface area contributed by atoms with Crippen LogP contribution >= 0.6 is 11.6 Å². The van der Waals surface area contributed by atoms with Crippen molar-refractivity contribution in [1.29, 1.82) is 0 Å². The summed E-state index contributed by atoms with van der Waals surface area (Å²) in [5.74, 6) is 2.54. The lowest BCUT2D eigenvalue weighted by atomic mass is 10.2. The molecule has 0 atom stereocenters.